The molecular formula is C13H18ClNO3. The number of nitrogens with one attached hydrogen (secondary N) is 1. The van der Waals surface area contributed by atoms with Crippen molar-refractivity contribution >= 4 is 17.6 Å². The summed E-state index contributed by atoms with van der Waals surface area (Å²) < 4.78 is 0. The van der Waals surface area contributed by atoms with Crippen LogP contribution < -0.4 is 5.32 Å². The molecule has 18 heavy (non-hydrogen) atoms. The van der Waals surface area contributed by atoms with Crippen LogP contribution in [0.1, 0.15) is 25.3 Å². The molecule has 0 bridgehead atoms. The summed E-state index contributed by atoms with van der Waals surface area (Å²) in [6, 6.07) is 4.59. The monoisotopic (exact) mass is 271 g/mol. The zero-order valence-electron chi connectivity index (χ0n) is 10.3. The van der Waals surface area contributed by atoms with Crippen molar-refractivity contribution in [2.24, 2.45) is 0 Å². The SMILES string of the molecule is CCCNC(CC(=O)O)Cc1cc(Cl)ccc1O. The van der Waals surface area contributed by atoms with Gasteiger partial charge in [0.15, 0.2) is 0 Å². The average molecular weight is 272 g/mol. The highest BCUT2D eigenvalue weighted by atomic mass is 35.5. The predicted octanol–water partition coefficient (Wildman–Crippen LogP) is 2.43. The lowest BCUT2D eigenvalue weighted by Crippen LogP contribution is -2.34. The van der Waals surface area contributed by atoms with Crippen molar-refractivity contribution in [2.45, 2.75) is 32.2 Å². The van der Waals surface area contributed by atoms with Crippen LogP contribution in [-0.2, 0) is 11.2 Å². The standard InChI is InChI=1S/C13H18ClNO3/c1-2-5-15-11(8-13(17)18)7-9-6-10(14)3-4-12(9)16/h3-4,6,11,15-16H,2,5,7-8H2,1H3,(H,17,18). The smallest absolute Gasteiger partial charge is 0.304 e. The van der Waals surface area contributed by atoms with E-state index in [1.54, 1.807) is 12.1 Å². The van der Waals surface area contributed by atoms with Crippen LogP contribution in [0.2, 0.25) is 5.02 Å². The lowest BCUT2D eigenvalue weighted by Gasteiger charge is -2.17. The molecule has 3 N–H and O–H groups in total. The fourth-order valence-electron chi connectivity index (χ4n) is 1.76. The van der Waals surface area contributed by atoms with Gasteiger partial charge in [-0.3, -0.25) is 4.79 Å². The van der Waals surface area contributed by atoms with E-state index in [2.05, 4.69) is 5.32 Å². The van der Waals surface area contributed by atoms with E-state index in [-0.39, 0.29) is 18.2 Å². The van der Waals surface area contributed by atoms with Crippen molar-refractivity contribution in [1.82, 2.24) is 5.32 Å². The second-order valence-electron chi connectivity index (χ2n) is 4.23. The van der Waals surface area contributed by atoms with Gasteiger partial charge in [-0.2, -0.15) is 0 Å². The number of carboxylic acids is 1. The van der Waals surface area contributed by atoms with E-state index in [1.807, 2.05) is 6.92 Å². The second-order valence-corrected chi connectivity index (χ2v) is 4.66. The molecule has 0 fully saturated rings. The first-order valence-corrected chi connectivity index (χ1v) is 6.33. The quantitative estimate of drug-likeness (QED) is 0.712. The van der Waals surface area contributed by atoms with E-state index in [0.717, 1.165) is 13.0 Å². The normalized spacial score (nSPS) is 12.3. The number of carboxylic acid groups (broad SMARTS) is 1. The van der Waals surface area contributed by atoms with E-state index in [0.29, 0.717) is 17.0 Å². The highest BCUT2D eigenvalue weighted by molar-refractivity contribution is 6.30. The first-order valence-electron chi connectivity index (χ1n) is 5.95. The van der Waals surface area contributed by atoms with Gasteiger partial charge in [0, 0.05) is 11.1 Å². The summed E-state index contributed by atoms with van der Waals surface area (Å²) in [5.41, 5.74) is 0.664. The lowest BCUT2D eigenvalue weighted by molar-refractivity contribution is -0.137. The average Bonchev–Trinajstić information content (AvgIpc) is 2.30. The molecule has 0 saturated carbocycles. The van der Waals surface area contributed by atoms with Crippen molar-refractivity contribution in [3.8, 4) is 5.75 Å². The third-order valence-corrected chi connectivity index (χ3v) is 2.85. The fourth-order valence-corrected chi connectivity index (χ4v) is 1.95. The first-order chi connectivity index (χ1) is 8.52. The number of rotatable bonds is 7. The molecule has 0 aliphatic heterocycles. The molecule has 1 unspecified atom stereocenters. The maximum atomic E-state index is 10.8. The van der Waals surface area contributed by atoms with Crippen molar-refractivity contribution in [1.29, 1.82) is 0 Å². The number of aromatic hydroxyl groups is 1. The minimum absolute atomic E-state index is 0.0198. The van der Waals surface area contributed by atoms with Crippen molar-refractivity contribution in [3.05, 3.63) is 28.8 Å². The van der Waals surface area contributed by atoms with E-state index >= 15 is 0 Å². The van der Waals surface area contributed by atoms with Crippen molar-refractivity contribution < 1.29 is 15.0 Å². The van der Waals surface area contributed by atoms with Gasteiger partial charge >= 0.3 is 5.97 Å². The molecular weight excluding hydrogens is 254 g/mol. The molecule has 4 nitrogen and oxygen atoms in total. The second kappa shape index (κ2) is 7.24. The highest BCUT2D eigenvalue weighted by Crippen LogP contribution is 2.23. The molecule has 0 saturated heterocycles. The Morgan fingerprint density at radius 3 is 2.83 bits per heavy atom. The van der Waals surface area contributed by atoms with E-state index in [9.17, 15) is 9.90 Å². The highest BCUT2D eigenvalue weighted by Gasteiger charge is 2.15. The minimum atomic E-state index is -0.856. The number of hydrogen-bond donors (Lipinski definition) is 3. The molecule has 0 aliphatic rings. The van der Waals surface area contributed by atoms with Crippen LogP contribution >= 0.6 is 11.6 Å². The van der Waals surface area contributed by atoms with Gasteiger partial charge in [-0.25, -0.2) is 0 Å². The Kier molecular flexibility index (Phi) is 5.95. The number of halogens is 1. The molecule has 0 spiro atoms. The molecule has 5 heteroatoms. The van der Waals surface area contributed by atoms with Crippen LogP contribution in [0.3, 0.4) is 0 Å². The largest absolute Gasteiger partial charge is 0.508 e. The van der Waals surface area contributed by atoms with Crippen molar-refractivity contribution in [2.75, 3.05) is 6.54 Å². The van der Waals surface area contributed by atoms with Gasteiger partial charge in [0.2, 0.25) is 0 Å². The summed E-state index contributed by atoms with van der Waals surface area (Å²) in [7, 11) is 0. The summed E-state index contributed by atoms with van der Waals surface area (Å²) in [5.74, 6) is -0.710. The lowest BCUT2D eigenvalue weighted by atomic mass is 10.0. The molecule has 0 aliphatic carbocycles. The Labute approximate surface area is 112 Å². The van der Waals surface area contributed by atoms with Gasteiger partial charge in [0.1, 0.15) is 5.75 Å². The van der Waals surface area contributed by atoms with Crippen molar-refractivity contribution in [3.63, 3.8) is 0 Å². The van der Waals surface area contributed by atoms with Gasteiger partial charge in [-0.1, -0.05) is 18.5 Å². The Balaban J connectivity index is 2.74. The van der Waals surface area contributed by atoms with Gasteiger partial charge in [-0.05, 0) is 43.1 Å². The van der Waals surface area contributed by atoms with Gasteiger partial charge in [0.05, 0.1) is 6.42 Å². The first kappa shape index (κ1) is 14.8. The molecule has 0 heterocycles. The van der Waals surface area contributed by atoms with E-state index in [1.165, 1.54) is 6.07 Å². The maximum Gasteiger partial charge on any atom is 0.304 e. The molecule has 0 aromatic heterocycles. The number of aliphatic carboxylic acids is 1. The van der Waals surface area contributed by atoms with Crippen LogP contribution in [0.15, 0.2) is 18.2 Å². The summed E-state index contributed by atoms with van der Waals surface area (Å²) in [6.45, 7) is 2.76. The minimum Gasteiger partial charge on any atom is -0.508 e. The Morgan fingerprint density at radius 2 is 2.22 bits per heavy atom. The van der Waals surface area contributed by atoms with Crippen LogP contribution in [-0.4, -0.2) is 28.8 Å². The van der Waals surface area contributed by atoms with E-state index < -0.39 is 5.97 Å². The van der Waals surface area contributed by atoms with Gasteiger partial charge in [-0.15, -0.1) is 0 Å². The Bertz CT molecular complexity index is 409. The zero-order valence-corrected chi connectivity index (χ0v) is 11.1. The third-order valence-electron chi connectivity index (χ3n) is 2.61. The molecule has 1 aromatic carbocycles. The molecule has 0 amide bonds. The van der Waals surface area contributed by atoms with E-state index in [4.69, 9.17) is 16.7 Å². The number of benzene rings is 1. The van der Waals surface area contributed by atoms with Gasteiger partial charge < -0.3 is 15.5 Å². The van der Waals surface area contributed by atoms with Crippen LogP contribution in [0.5, 0.6) is 5.75 Å². The maximum absolute atomic E-state index is 10.8. The number of phenolic OH excluding ortho intramolecular Hbond substituents is 1. The summed E-state index contributed by atoms with van der Waals surface area (Å²) >= 11 is 5.86. The molecule has 1 atom stereocenters. The predicted molar refractivity (Wildman–Crippen MR) is 71.2 cm³/mol. The topological polar surface area (TPSA) is 69.6 Å². The third kappa shape index (κ3) is 4.94. The fraction of sp³-hybridized carbons (Fsp3) is 0.462. The molecule has 1 rings (SSSR count). The Morgan fingerprint density at radius 1 is 1.50 bits per heavy atom. The zero-order chi connectivity index (χ0) is 13.5. The summed E-state index contributed by atoms with van der Waals surface area (Å²) in [6.07, 6.45) is 1.39. The number of phenols is 1. The summed E-state index contributed by atoms with van der Waals surface area (Å²) in [4.78, 5) is 10.8. The van der Waals surface area contributed by atoms with Gasteiger partial charge in [0.25, 0.3) is 0 Å². The van der Waals surface area contributed by atoms with Crippen LogP contribution in [0.4, 0.5) is 0 Å². The summed E-state index contributed by atoms with van der Waals surface area (Å²) in [5, 5.41) is 22.3. The number of hydrogen-bond acceptors (Lipinski definition) is 3. The Hall–Kier alpha value is -1.26. The molecule has 100 valence electrons. The molecule has 0 radical (unpaired) electrons. The van der Waals surface area contributed by atoms with Crippen LogP contribution in [0.25, 0.3) is 0 Å². The van der Waals surface area contributed by atoms with Crippen LogP contribution in [0, 0.1) is 0 Å². The molecule has 1 aromatic rings. The number of carbonyl (C=O) groups is 1.